The van der Waals surface area contributed by atoms with E-state index < -0.39 is 0 Å². The van der Waals surface area contributed by atoms with Crippen molar-refractivity contribution in [3.8, 4) is 0 Å². The fourth-order valence-corrected chi connectivity index (χ4v) is 7.85. The summed E-state index contributed by atoms with van der Waals surface area (Å²) in [7, 11) is 1.43. The number of carbonyl (C=O) groups excluding carboxylic acids is 3. The van der Waals surface area contributed by atoms with Gasteiger partial charge in [0.25, 0.3) is 0 Å². The minimum atomic E-state index is -0.277. The van der Waals surface area contributed by atoms with E-state index in [9.17, 15) is 14.4 Å². The van der Waals surface area contributed by atoms with E-state index in [1.807, 2.05) is 0 Å². The first kappa shape index (κ1) is 19.9. The zero-order chi connectivity index (χ0) is 20.3. The van der Waals surface area contributed by atoms with E-state index in [0.29, 0.717) is 24.2 Å². The highest BCUT2D eigenvalue weighted by molar-refractivity contribution is 5.91. The first-order valence-electron chi connectivity index (χ1n) is 11.0. The summed E-state index contributed by atoms with van der Waals surface area (Å²) in [6.45, 7) is 6.07. The minimum absolute atomic E-state index is 0.000631. The summed E-state index contributed by atoms with van der Waals surface area (Å²) in [6, 6.07) is 0. The van der Waals surface area contributed by atoms with Crippen LogP contribution >= 0.6 is 0 Å². The second-order valence-corrected chi connectivity index (χ2v) is 10.3. The fourth-order valence-electron chi connectivity index (χ4n) is 7.85. The lowest BCUT2D eigenvalue weighted by atomic mass is 9.44. The Kier molecular flexibility index (Phi) is 4.86. The Balaban J connectivity index is 1.57. The van der Waals surface area contributed by atoms with Crippen LogP contribution in [0, 0.1) is 40.4 Å². The normalized spacial score (nSPS) is 47.5. The summed E-state index contributed by atoms with van der Waals surface area (Å²) in [5.41, 5.74) is -0.0337. The van der Waals surface area contributed by atoms with E-state index in [2.05, 4.69) is 13.8 Å². The van der Waals surface area contributed by atoms with Crippen LogP contribution in [-0.2, 0) is 23.9 Å². The van der Waals surface area contributed by atoms with Crippen LogP contribution in [0.25, 0.3) is 0 Å². The standard InChI is InChI=1S/C23H34O5/c1-13(24)28-15-7-9-22(2)14(11-15)5-6-16-17(22)8-10-23(3)18(21(26)27-4)12-19(25)20(16)23/h14-18,20H,5-12H2,1-4H3/t14-,15-,16-,17+,18-,20-,22-,23+/m0/s1. The molecule has 0 N–H and O–H groups in total. The molecule has 8 atom stereocenters. The Morgan fingerprint density at radius 3 is 2.43 bits per heavy atom. The Bertz CT molecular complexity index is 686. The van der Waals surface area contributed by atoms with E-state index in [4.69, 9.17) is 9.47 Å². The zero-order valence-electron chi connectivity index (χ0n) is 17.7. The number of ether oxygens (including phenoxy) is 2. The molecule has 0 spiro atoms. The predicted octanol–water partition coefficient (Wildman–Crippen LogP) is 3.93. The van der Waals surface area contributed by atoms with Gasteiger partial charge in [0.1, 0.15) is 11.9 Å². The minimum Gasteiger partial charge on any atom is -0.469 e. The largest absolute Gasteiger partial charge is 0.469 e. The number of hydrogen-bond donors (Lipinski definition) is 0. The molecule has 4 fully saturated rings. The van der Waals surface area contributed by atoms with Crippen LogP contribution in [0.4, 0.5) is 0 Å². The van der Waals surface area contributed by atoms with Crippen LogP contribution < -0.4 is 0 Å². The molecule has 0 saturated heterocycles. The predicted molar refractivity (Wildman–Crippen MR) is 103 cm³/mol. The van der Waals surface area contributed by atoms with Gasteiger partial charge in [0.2, 0.25) is 0 Å². The third kappa shape index (κ3) is 2.83. The lowest BCUT2D eigenvalue weighted by molar-refractivity contribution is -0.166. The van der Waals surface area contributed by atoms with Crippen molar-refractivity contribution in [2.24, 2.45) is 40.4 Å². The van der Waals surface area contributed by atoms with Gasteiger partial charge in [-0.15, -0.1) is 0 Å². The van der Waals surface area contributed by atoms with Gasteiger partial charge >= 0.3 is 11.9 Å². The van der Waals surface area contributed by atoms with Crippen LogP contribution in [0.5, 0.6) is 0 Å². The van der Waals surface area contributed by atoms with Crippen molar-refractivity contribution in [2.45, 2.75) is 78.2 Å². The summed E-state index contributed by atoms with van der Waals surface area (Å²) < 4.78 is 10.6. The van der Waals surface area contributed by atoms with Crippen molar-refractivity contribution in [3.05, 3.63) is 0 Å². The van der Waals surface area contributed by atoms with Gasteiger partial charge in [0.05, 0.1) is 13.0 Å². The third-order valence-electron chi connectivity index (χ3n) is 9.20. The molecule has 0 amide bonds. The Morgan fingerprint density at radius 1 is 1.04 bits per heavy atom. The van der Waals surface area contributed by atoms with Crippen LogP contribution in [0.3, 0.4) is 0 Å². The highest BCUT2D eigenvalue weighted by Crippen LogP contribution is 2.66. The highest BCUT2D eigenvalue weighted by Gasteiger charge is 2.64. The Hall–Kier alpha value is -1.39. The maximum absolute atomic E-state index is 13.1. The summed E-state index contributed by atoms with van der Waals surface area (Å²) >= 11 is 0. The SMILES string of the molecule is COC(=O)[C@@H]1CC(=O)[C@@H]2[C@H]3CC[C@H]4C[C@@H](OC(C)=O)CC[C@]4(C)[C@@H]3CC[C@@]21C. The number of Topliss-reactive ketones (excluding diaryl/α,β-unsaturated/α-hetero) is 1. The van der Waals surface area contributed by atoms with Gasteiger partial charge in [0.15, 0.2) is 0 Å². The Labute approximate surface area is 167 Å². The summed E-state index contributed by atoms with van der Waals surface area (Å²) in [5.74, 6) is 1.09. The van der Waals surface area contributed by atoms with Crippen molar-refractivity contribution in [1.29, 1.82) is 0 Å². The summed E-state index contributed by atoms with van der Waals surface area (Å²) in [5, 5.41) is 0. The second kappa shape index (κ2) is 6.84. The van der Waals surface area contributed by atoms with Gasteiger partial charge in [-0.2, -0.15) is 0 Å². The molecule has 0 aliphatic heterocycles. The molecule has 0 bridgehead atoms. The monoisotopic (exact) mass is 390 g/mol. The molecule has 4 aliphatic carbocycles. The van der Waals surface area contributed by atoms with Crippen LogP contribution in [0.1, 0.15) is 72.1 Å². The van der Waals surface area contributed by atoms with Crippen LogP contribution in [0.2, 0.25) is 0 Å². The van der Waals surface area contributed by atoms with E-state index in [1.54, 1.807) is 0 Å². The maximum atomic E-state index is 13.1. The summed E-state index contributed by atoms with van der Waals surface area (Å²) in [6.07, 6.45) is 7.52. The maximum Gasteiger partial charge on any atom is 0.309 e. The summed E-state index contributed by atoms with van der Waals surface area (Å²) in [4.78, 5) is 36.8. The first-order valence-corrected chi connectivity index (χ1v) is 11.0. The molecule has 4 saturated carbocycles. The van der Waals surface area contributed by atoms with Crippen molar-refractivity contribution >= 4 is 17.7 Å². The van der Waals surface area contributed by atoms with E-state index in [0.717, 1.165) is 44.9 Å². The molecular formula is C23H34O5. The lowest BCUT2D eigenvalue weighted by Gasteiger charge is -2.60. The molecule has 0 heterocycles. The third-order valence-corrected chi connectivity index (χ3v) is 9.20. The van der Waals surface area contributed by atoms with E-state index in [1.165, 1.54) is 14.0 Å². The number of ketones is 1. The van der Waals surface area contributed by atoms with Crippen molar-refractivity contribution < 1.29 is 23.9 Å². The molecule has 0 aromatic carbocycles. The Morgan fingerprint density at radius 2 is 1.75 bits per heavy atom. The molecule has 0 aromatic rings. The molecular weight excluding hydrogens is 356 g/mol. The molecule has 4 rings (SSSR count). The zero-order valence-corrected chi connectivity index (χ0v) is 17.7. The average Bonchev–Trinajstić information content (AvgIpc) is 2.92. The number of fused-ring (bicyclic) bond motifs is 5. The molecule has 0 radical (unpaired) electrons. The van der Waals surface area contributed by atoms with Crippen molar-refractivity contribution in [1.82, 2.24) is 0 Å². The molecule has 5 nitrogen and oxygen atoms in total. The van der Waals surface area contributed by atoms with Crippen molar-refractivity contribution in [3.63, 3.8) is 0 Å². The number of hydrogen-bond acceptors (Lipinski definition) is 5. The molecule has 0 unspecified atom stereocenters. The van der Waals surface area contributed by atoms with E-state index >= 15 is 0 Å². The van der Waals surface area contributed by atoms with E-state index in [-0.39, 0.29) is 46.5 Å². The van der Waals surface area contributed by atoms with Gasteiger partial charge < -0.3 is 9.47 Å². The van der Waals surface area contributed by atoms with Gasteiger partial charge in [-0.3, -0.25) is 14.4 Å². The van der Waals surface area contributed by atoms with Gasteiger partial charge in [0, 0.05) is 19.3 Å². The molecule has 156 valence electrons. The van der Waals surface area contributed by atoms with Crippen molar-refractivity contribution in [2.75, 3.05) is 7.11 Å². The highest BCUT2D eigenvalue weighted by atomic mass is 16.5. The fraction of sp³-hybridized carbons (Fsp3) is 0.870. The van der Waals surface area contributed by atoms with Crippen LogP contribution in [0.15, 0.2) is 0 Å². The first-order chi connectivity index (χ1) is 13.2. The average molecular weight is 391 g/mol. The smallest absolute Gasteiger partial charge is 0.309 e. The number of carbonyl (C=O) groups is 3. The second-order valence-electron chi connectivity index (χ2n) is 10.3. The van der Waals surface area contributed by atoms with Gasteiger partial charge in [-0.05, 0) is 73.5 Å². The number of rotatable bonds is 2. The molecule has 5 heteroatoms. The number of esters is 2. The molecule has 28 heavy (non-hydrogen) atoms. The lowest BCUT2D eigenvalue weighted by Crippen LogP contribution is -2.55. The topological polar surface area (TPSA) is 69.7 Å². The molecule has 0 aromatic heterocycles. The van der Waals surface area contributed by atoms with Gasteiger partial charge in [-0.1, -0.05) is 13.8 Å². The molecule has 4 aliphatic rings. The van der Waals surface area contributed by atoms with Gasteiger partial charge in [-0.25, -0.2) is 0 Å². The number of methoxy groups -OCH3 is 1. The quantitative estimate of drug-likeness (QED) is 0.668. The van der Waals surface area contributed by atoms with Crippen LogP contribution in [-0.4, -0.2) is 30.9 Å².